The average Bonchev–Trinajstić information content (AvgIpc) is 3.03. The lowest BCUT2D eigenvalue weighted by molar-refractivity contribution is -0.118. The fourth-order valence-electron chi connectivity index (χ4n) is 2.32. The van der Waals surface area contributed by atoms with Crippen molar-refractivity contribution < 1.29 is 17.4 Å². The summed E-state index contributed by atoms with van der Waals surface area (Å²) in [5, 5.41) is 11.2. The Labute approximate surface area is 182 Å². The topological polar surface area (TPSA) is 97.2 Å². The molecule has 0 unspecified atom stereocenters. The van der Waals surface area contributed by atoms with Crippen molar-refractivity contribution in [1.82, 2.24) is 5.32 Å². The van der Waals surface area contributed by atoms with Gasteiger partial charge >= 0.3 is 10.1 Å². The minimum absolute atomic E-state index is 0.0886. The number of carbonyl (C=O) groups is 1. The Hall–Kier alpha value is -2.07. The van der Waals surface area contributed by atoms with Crippen molar-refractivity contribution in [2.75, 3.05) is 0 Å². The maximum atomic E-state index is 12.4. The third-order valence-electron chi connectivity index (χ3n) is 3.75. The van der Waals surface area contributed by atoms with Gasteiger partial charge in [0.05, 0.1) is 21.5 Å². The van der Waals surface area contributed by atoms with Crippen molar-refractivity contribution in [2.24, 2.45) is 10.2 Å². The lowest BCUT2D eigenvalue weighted by Gasteiger charge is -2.08. The standard InChI is InChI=1S/C18H15Cl2N3O4S2/c1-2-16-17(24)22-18(28-16)23-21-10-11-4-3-5-12(8-11)27-29(25,26)13-6-7-14(19)15(20)9-13/h3-10,16H,2H2,1H3,(H,22,23,24)/b21-10-/t16-/m1/s1. The first-order valence-electron chi connectivity index (χ1n) is 8.36. The number of hydrogen-bond donors (Lipinski definition) is 1. The summed E-state index contributed by atoms with van der Waals surface area (Å²) < 4.78 is 30.0. The minimum atomic E-state index is -4.08. The van der Waals surface area contributed by atoms with Gasteiger partial charge in [-0.3, -0.25) is 4.79 Å². The molecular formula is C18H15Cl2N3O4S2. The first kappa shape index (κ1) is 21.6. The molecule has 0 bridgehead atoms. The van der Waals surface area contributed by atoms with Gasteiger partial charge in [-0.2, -0.15) is 13.5 Å². The Morgan fingerprint density at radius 2 is 2.00 bits per heavy atom. The molecule has 1 saturated heterocycles. The van der Waals surface area contributed by atoms with Crippen LogP contribution < -0.4 is 9.50 Å². The van der Waals surface area contributed by atoms with Crippen molar-refractivity contribution in [3.63, 3.8) is 0 Å². The molecular weight excluding hydrogens is 457 g/mol. The Morgan fingerprint density at radius 3 is 2.69 bits per heavy atom. The number of benzene rings is 2. The summed E-state index contributed by atoms with van der Waals surface area (Å²) in [6, 6.07) is 10.2. The van der Waals surface area contributed by atoms with E-state index in [0.717, 1.165) is 0 Å². The summed E-state index contributed by atoms with van der Waals surface area (Å²) in [6.45, 7) is 1.92. The molecule has 1 amide bonds. The van der Waals surface area contributed by atoms with Gasteiger partial charge in [-0.15, -0.1) is 5.10 Å². The second-order valence-electron chi connectivity index (χ2n) is 5.84. The zero-order valence-electron chi connectivity index (χ0n) is 15.0. The van der Waals surface area contributed by atoms with Gasteiger partial charge in [0.15, 0.2) is 5.17 Å². The van der Waals surface area contributed by atoms with Crippen LogP contribution in [0.4, 0.5) is 0 Å². The summed E-state index contributed by atoms with van der Waals surface area (Å²) in [5.74, 6) is 0.0108. The number of hydrogen-bond acceptors (Lipinski definition) is 7. The average molecular weight is 472 g/mol. The van der Waals surface area contributed by atoms with Gasteiger partial charge in [-0.05, 0) is 42.3 Å². The lowest BCUT2D eigenvalue weighted by Crippen LogP contribution is -2.24. The number of carbonyl (C=O) groups excluding carboxylic acids is 1. The van der Waals surface area contributed by atoms with E-state index in [4.69, 9.17) is 27.4 Å². The number of amidine groups is 1. The van der Waals surface area contributed by atoms with Crippen LogP contribution in [0, 0.1) is 0 Å². The van der Waals surface area contributed by atoms with Crippen LogP contribution in [0.1, 0.15) is 18.9 Å². The summed E-state index contributed by atoms with van der Waals surface area (Å²) in [6.07, 6.45) is 2.13. The summed E-state index contributed by atoms with van der Waals surface area (Å²) in [4.78, 5) is 11.5. The van der Waals surface area contributed by atoms with Gasteiger partial charge < -0.3 is 9.50 Å². The SMILES string of the molecule is CC[C@H]1S/C(=N\N=C/c2cccc(OS(=O)(=O)c3ccc(Cl)c(Cl)c3)c2)NC1=O. The Morgan fingerprint density at radius 1 is 1.21 bits per heavy atom. The van der Waals surface area contributed by atoms with Crippen molar-refractivity contribution >= 4 is 62.4 Å². The highest BCUT2D eigenvalue weighted by atomic mass is 35.5. The molecule has 11 heteroatoms. The molecule has 0 aromatic heterocycles. The molecule has 29 heavy (non-hydrogen) atoms. The molecule has 0 saturated carbocycles. The molecule has 0 spiro atoms. The molecule has 1 aliphatic rings. The molecule has 1 aliphatic heterocycles. The molecule has 7 nitrogen and oxygen atoms in total. The van der Waals surface area contributed by atoms with E-state index in [1.807, 2.05) is 6.92 Å². The smallest absolute Gasteiger partial charge is 0.339 e. The molecule has 3 rings (SSSR count). The van der Waals surface area contributed by atoms with Crippen LogP contribution in [0.5, 0.6) is 5.75 Å². The van der Waals surface area contributed by atoms with E-state index in [2.05, 4.69) is 15.5 Å². The van der Waals surface area contributed by atoms with Crippen LogP contribution in [0.3, 0.4) is 0 Å². The fourth-order valence-corrected chi connectivity index (χ4v) is 4.49. The summed E-state index contributed by atoms with van der Waals surface area (Å²) >= 11 is 13.0. The van der Waals surface area contributed by atoms with Crippen molar-refractivity contribution in [1.29, 1.82) is 0 Å². The van der Waals surface area contributed by atoms with Crippen LogP contribution >= 0.6 is 35.0 Å². The highest BCUT2D eigenvalue weighted by Gasteiger charge is 2.28. The van der Waals surface area contributed by atoms with Gasteiger partial charge in [0.1, 0.15) is 10.6 Å². The van der Waals surface area contributed by atoms with Gasteiger partial charge in [0.25, 0.3) is 0 Å². The van der Waals surface area contributed by atoms with Crippen LogP contribution in [-0.4, -0.2) is 31.0 Å². The predicted octanol–water partition coefficient (Wildman–Crippen LogP) is 4.09. The maximum absolute atomic E-state index is 12.4. The number of amides is 1. The minimum Gasteiger partial charge on any atom is -0.379 e. The number of nitrogens with zero attached hydrogens (tertiary/aromatic N) is 2. The molecule has 1 fully saturated rings. The van der Waals surface area contributed by atoms with Crippen molar-refractivity contribution in [3.05, 3.63) is 58.1 Å². The fraction of sp³-hybridized carbons (Fsp3) is 0.167. The Kier molecular flexibility index (Phi) is 6.84. The maximum Gasteiger partial charge on any atom is 0.339 e. The van der Waals surface area contributed by atoms with Crippen molar-refractivity contribution in [2.45, 2.75) is 23.5 Å². The second kappa shape index (κ2) is 9.17. The zero-order chi connectivity index (χ0) is 21.0. The van der Waals surface area contributed by atoms with Crippen LogP contribution in [0.25, 0.3) is 0 Å². The first-order chi connectivity index (χ1) is 13.8. The first-order valence-corrected chi connectivity index (χ1v) is 11.4. The molecule has 2 aromatic carbocycles. The molecule has 0 aliphatic carbocycles. The van der Waals surface area contributed by atoms with Gasteiger partial charge in [0.2, 0.25) is 5.91 Å². The molecule has 2 aromatic rings. The van der Waals surface area contributed by atoms with Crippen LogP contribution in [0.15, 0.2) is 57.6 Å². The number of nitrogens with one attached hydrogen (secondary N) is 1. The van der Waals surface area contributed by atoms with Gasteiger partial charge in [-0.25, -0.2) is 0 Å². The normalized spacial score (nSPS) is 18.4. The van der Waals surface area contributed by atoms with E-state index in [-0.39, 0.29) is 31.8 Å². The van der Waals surface area contributed by atoms with Crippen LogP contribution in [0.2, 0.25) is 10.0 Å². The second-order valence-corrected chi connectivity index (χ2v) is 9.39. The molecule has 0 radical (unpaired) electrons. The number of halogens is 2. The molecule has 1 atom stereocenters. The van der Waals surface area contributed by atoms with E-state index in [1.54, 1.807) is 12.1 Å². The Bertz CT molecular complexity index is 1100. The van der Waals surface area contributed by atoms with E-state index < -0.39 is 10.1 Å². The van der Waals surface area contributed by atoms with E-state index >= 15 is 0 Å². The number of thioether (sulfide) groups is 1. The van der Waals surface area contributed by atoms with E-state index in [1.165, 1.54) is 48.3 Å². The summed E-state index contributed by atoms with van der Waals surface area (Å²) in [7, 11) is -4.08. The monoisotopic (exact) mass is 471 g/mol. The highest BCUT2D eigenvalue weighted by Crippen LogP contribution is 2.27. The molecule has 1 N–H and O–H groups in total. The third-order valence-corrected chi connectivity index (χ3v) is 6.97. The van der Waals surface area contributed by atoms with E-state index in [9.17, 15) is 13.2 Å². The predicted molar refractivity (Wildman–Crippen MR) is 116 cm³/mol. The van der Waals surface area contributed by atoms with Gasteiger partial charge in [-0.1, -0.05) is 54.0 Å². The number of rotatable bonds is 6. The third kappa shape index (κ3) is 5.51. The Balaban J connectivity index is 1.72. The van der Waals surface area contributed by atoms with Gasteiger partial charge in [0, 0.05) is 0 Å². The van der Waals surface area contributed by atoms with E-state index in [0.29, 0.717) is 17.2 Å². The van der Waals surface area contributed by atoms with Crippen LogP contribution in [-0.2, 0) is 14.9 Å². The zero-order valence-corrected chi connectivity index (χ0v) is 18.1. The quantitative estimate of drug-likeness (QED) is 0.388. The lowest BCUT2D eigenvalue weighted by atomic mass is 10.2. The molecule has 152 valence electrons. The highest BCUT2D eigenvalue weighted by molar-refractivity contribution is 8.15. The van der Waals surface area contributed by atoms with Crippen molar-refractivity contribution in [3.8, 4) is 5.75 Å². The molecule has 1 heterocycles. The largest absolute Gasteiger partial charge is 0.379 e. The summed E-state index contributed by atoms with van der Waals surface area (Å²) in [5.41, 5.74) is 0.567.